The summed E-state index contributed by atoms with van der Waals surface area (Å²) in [7, 11) is 0. The summed E-state index contributed by atoms with van der Waals surface area (Å²) in [6, 6.07) is 0. The highest BCUT2D eigenvalue weighted by Crippen LogP contribution is 2.14. The molecule has 0 heterocycles. The van der Waals surface area contributed by atoms with Gasteiger partial charge in [0, 0.05) is 18.8 Å². The van der Waals surface area contributed by atoms with Crippen LogP contribution in [-0.2, 0) is 0 Å². The topological polar surface area (TPSA) is 3.24 Å². The van der Waals surface area contributed by atoms with Crippen LogP contribution in [0.25, 0.3) is 0 Å². The molecule has 0 aromatic heterocycles. The van der Waals surface area contributed by atoms with Crippen molar-refractivity contribution in [2.75, 3.05) is 13.1 Å². The van der Waals surface area contributed by atoms with Crippen molar-refractivity contribution in [2.24, 2.45) is 5.92 Å². The van der Waals surface area contributed by atoms with Crippen molar-refractivity contribution in [3.8, 4) is 0 Å². The molecule has 0 spiro atoms. The van der Waals surface area contributed by atoms with E-state index >= 15 is 0 Å². The first-order valence-electron chi connectivity index (χ1n) is 5.54. The summed E-state index contributed by atoms with van der Waals surface area (Å²) >= 11 is 0. The van der Waals surface area contributed by atoms with Crippen molar-refractivity contribution in [1.82, 2.24) is 4.90 Å². The molecular weight excluding hydrogens is 158 g/mol. The first kappa shape index (κ1) is 12.5. The van der Waals surface area contributed by atoms with Crippen molar-refractivity contribution in [2.45, 2.75) is 47.0 Å². The van der Waals surface area contributed by atoms with E-state index in [0.29, 0.717) is 0 Å². The second kappa shape index (κ2) is 6.99. The second-order valence-corrected chi connectivity index (χ2v) is 4.15. The van der Waals surface area contributed by atoms with Gasteiger partial charge in [-0.15, -0.1) is 0 Å². The van der Waals surface area contributed by atoms with Gasteiger partial charge in [0.1, 0.15) is 0 Å². The molecule has 13 heavy (non-hydrogen) atoms. The van der Waals surface area contributed by atoms with Crippen molar-refractivity contribution < 1.29 is 0 Å². The first-order valence-corrected chi connectivity index (χ1v) is 5.54. The van der Waals surface area contributed by atoms with Gasteiger partial charge in [-0.05, 0) is 25.2 Å². The first-order chi connectivity index (χ1) is 6.11. The Bertz CT molecular complexity index is 132. The summed E-state index contributed by atoms with van der Waals surface area (Å²) in [6.07, 6.45) is 3.58. The Morgan fingerprint density at radius 3 is 1.92 bits per heavy atom. The predicted octanol–water partition coefficient (Wildman–Crippen LogP) is 3.67. The highest BCUT2D eigenvalue weighted by Gasteiger charge is 2.06. The zero-order valence-electron chi connectivity index (χ0n) is 9.77. The van der Waals surface area contributed by atoms with E-state index in [1.807, 2.05) is 0 Å². The van der Waals surface area contributed by atoms with E-state index in [4.69, 9.17) is 0 Å². The Morgan fingerprint density at radius 1 is 1.15 bits per heavy atom. The molecular formula is C12H25N. The van der Waals surface area contributed by atoms with E-state index in [2.05, 4.69) is 39.2 Å². The van der Waals surface area contributed by atoms with Crippen LogP contribution in [0, 0.1) is 5.92 Å². The number of hydrogen-bond acceptors (Lipinski definition) is 1. The van der Waals surface area contributed by atoms with Crippen LogP contribution < -0.4 is 0 Å². The largest absolute Gasteiger partial charge is 0.375 e. The summed E-state index contributed by atoms with van der Waals surface area (Å²) in [6.45, 7) is 15.4. The summed E-state index contributed by atoms with van der Waals surface area (Å²) in [5.41, 5.74) is 1.32. The Kier molecular flexibility index (Phi) is 6.75. The van der Waals surface area contributed by atoms with E-state index in [-0.39, 0.29) is 0 Å². The average Bonchev–Trinajstić information content (AvgIpc) is 2.02. The molecule has 1 heteroatoms. The van der Waals surface area contributed by atoms with E-state index in [0.717, 1.165) is 12.3 Å². The van der Waals surface area contributed by atoms with Crippen molar-refractivity contribution in [3.63, 3.8) is 0 Å². The van der Waals surface area contributed by atoms with Gasteiger partial charge in [0.2, 0.25) is 0 Å². The lowest BCUT2D eigenvalue weighted by Gasteiger charge is -2.26. The highest BCUT2D eigenvalue weighted by molar-refractivity contribution is 4.94. The molecule has 0 bridgehead atoms. The molecule has 0 saturated carbocycles. The molecule has 0 saturated heterocycles. The molecule has 0 aromatic rings. The Balaban J connectivity index is 3.95. The monoisotopic (exact) mass is 183 g/mol. The van der Waals surface area contributed by atoms with Crippen molar-refractivity contribution in [1.29, 1.82) is 0 Å². The molecule has 0 radical (unpaired) electrons. The highest BCUT2D eigenvalue weighted by atomic mass is 15.1. The van der Waals surface area contributed by atoms with Gasteiger partial charge in [-0.25, -0.2) is 0 Å². The molecule has 0 unspecified atom stereocenters. The fourth-order valence-corrected chi connectivity index (χ4v) is 1.57. The third-order valence-electron chi connectivity index (χ3n) is 2.08. The van der Waals surface area contributed by atoms with Crippen LogP contribution in [0.3, 0.4) is 0 Å². The van der Waals surface area contributed by atoms with Gasteiger partial charge in [0.15, 0.2) is 0 Å². The van der Waals surface area contributed by atoms with Gasteiger partial charge >= 0.3 is 0 Å². The second-order valence-electron chi connectivity index (χ2n) is 4.15. The lowest BCUT2D eigenvalue weighted by molar-refractivity contribution is 0.323. The zero-order valence-corrected chi connectivity index (χ0v) is 9.77. The molecule has 0 amide bonds. The zero-order chi connectivity index (χ0) is 10.3. The summed E-state index contributed by atoms with van der Waals surface area (Å²) in [4.78, 5) is 2.43. The SMILES string of the molecule is C=C(CC(C)C)N(CCC)CCC. The molecule has 0 atom stereocenters. The molecule has 0 N–H and O–H groups in total. The molecule has 0 aliphatic heterocycles. The number of hydrogen-bond donors (Lipinski definition) is 0. The van der Waals surface area contributed by atoms with E-state index < -0.39 is 0 Å². The Hall–Kier alpha value is -0.460. The maximum Gasteiger partial charge on any atom is 0.0172 e. The van der Waals surface area contributed by atoms with Gasteiger partial charge in [-0.2, -0.15) is 0 Å². The lowest BCUT2D eigenvalue weighted by atomic mass is 10.1. The number of rotatable bonds is 7. The maximum atomic E-state index is 4.16. The van der Waals surface area contributed by atoms with Crippen molar-refractivity contribution >= 4 is 0 Å². The average molecular weight is 183 g/mol. The van der Waals surface area contributed by atoms with Gasteiger partial charge < -0.3 is 4.90 Å². The summed E-state index contributed by atoms with van der Waals surface area (Å²) in [5, 5.41) is 0. The van der Waals surface area contributed by atoms with Crippen LogP contribution in [0.5, 0.6) is 0 Å². The minimum absolute atomic E-state index is 0.726. The van der Waals surface area contributed by atoms with Gasteiger partial charge in [0.05, 0.1) is 0 Å². The lowest BCUT2D eigenvalue weighted by Crippen LogP contribution is -2.25. The van der Waals surface area contributed by atoms with E-state index in [9.17, 15) is 0 Å². The molecule has 0 aliphatic carbocycles. The molecule has 0 rings (SSSR count). The van der Waals surface area contributed by atoms with Crippen LogP contribution in [0.2, 0.25) is 0 Å². The molecule has 78 valence electrons. The van der Waals surface area contributed by atoms with Gasteiger partial charge in [-0.1, -0.05) is 34.3 Å². The summed E-state index contributed by atoms with van der Waals surface area (Å²) < 4.78 is 0. The van der Waals surface area contributed by atoms with Crippen LogP contribution in [0.15, 0.2) is 12.3 Å². The molecule has 0 aliphatic rings. The number of allylic oxidation sites excluding steroid dienone is 1. The van der Waals surface area contributed by atoms with Crippen molar-refractivity contribution in [3.05, 3.63) is 12.3 Å². The fourth-order valence-electron chi connectivity index (χ4n) is 1.57. The minimum Gasteiger partial charge on any atom is -0.375 e. The quantitative estimate of drug-likeness (QED) is 0.582. The standard InChI is InChI=1S/C12H25N/c1-6-8-13(9-7-2)12(5)10-11(3)4/h11H,5-10H2,1-4H3. The third kappa shape index (κ3) is 5.73. The predicted molar refractivity (Wildman–Crippen MR) is 60.8 cm³/mol. The fraction of sp³-hybridized carbons (Fsp3) is 0.833. The van der Waals surface area contributed by atoms with Crippen LogP contribution >= 0.6 is 0 Å². The smallest absolute Gasteiger partial charge is 0.0172 e. The third-order valence-corrected chi connectivity index (χ3v) is 2.08. The summed E-state index contributed by atoms with van der Waals surface area (Å²) in [5.74, 6) is 0.726. The minimum atomic E-state index is 0.726. The Labute approximate surface area is 83.8 Å². The van der Waals surface area contributed by atoms with Gasteiger partial charge in [0.25, 0.3) is 0 Å². The van der Waals surface area contributed by atoms with Crippen LogP contribution in [0.4, 0.5) is 0 Å². The maximum absolute atomic E-state index is 4.16. The number of nitrogens with zero attached hydrogens (tertiary/aromatic N) is 1. The molecule has 0 fully saturated rings. The van der Waals surface area contributed by atoms with E-state index in [1.54, 1.807) is 0 Å². The molecule has 1 nitrogen and oxygen atoms in total. The van der Waals surface area contributed by atoms with Crippen LogP contribution in [-0.4, -0.2) is 18.0 Å². The normalized spacial score (nSPS) is 10.5. The van der Waals surface area contributed by atoms with Gasteiger partial charge in [-0.3, -0.25) is 0 Å². The molecule has 0 aromatic carbocycles. The van der Waals surface area contributed by atoms with E-state index in [1.165, 1.54) is 31.6 Å². The Morgan fingerprint density at radius 2 is 1.62 bits per heavy atom. The van der Waals surface area contributed by atoms with Crippen LogP contribution in [0.1, 0.15) is 47.0 Å².